The SMILES string of the molecule is N#CC(=C(O)COC(=O)c1ccc2c(c1)C(=O)N(Cc1ccccc1)C2=O)c1nc2ccccc2[nH]1. The number of hydrogen-bond acceptors (Lipinski definition) is 7. The molecule has 1 aliphatic heterocycles. The second-order valence-corrected chi connectivity index (χ2v) is 8.05. The summed E-state index contributed by atoms with van der Waals surface area (Å²) in [4.78, 5) is 46.6. The largest absolute Gasteiger partial charge is 0.507 e. The number of para-hydroxylation sites is 2. The average molecular weight is 478 g/mol. The van der Waals surface area contributed by atoms with Gasteiger partial charge in [-0.25, -0.2) is 9.78 Å². The van der Waals surface area contributed by atoms with E-state index in [1.54, 1.807) is 24.3 Å². The molecule has 2 amide bonds. The van der Waals surface area contributed by atoms with Gasteiger partial charge in [0.1, 0.15) is 18.2 Å². The van der Waals surface area contributed by atoms with Crippen molar-refractivity contribution in [1.29, 1.82) is 5.26 Å². The summed E-state index contributed by atoms with van der Waals surface area (Å²) in [5.41, 5.74) is 2.27. The molecule has 0 fully saturated rings. The van der Waals surface area contributed by atoms with Crippen LogP contribution in [0.3, 0.4) is 0 Å². The molecule has 0 saturated carbocycles. The van der Waals surface area contributed by atoms with Crippen LogP contribution in [0.5, 0.6) is 0 Å². The highest BCUT2D eigenvalue weighted by Gasteiger charge is 2.36. The van der Waals surface area contributed by atoms with Gasteiger partial charge in [0.2, 0.25) is 0 Å². The number of H-pyrrole nitrogens is 1. The van der Waals surface area contributed by atoms with E-state index in [1.165, 1.54) is 18.2 Å². The number of imide groups is 1. The van der Waals surface area contributed by atoms with Crippen LogP contribution >= 0.6 is 0 Å². The smallest absolute Gasteiger partial charge is 0.338 e. The number of allylic oxidation sites excluding steroid dienone is 1. The Labute approximate surface area is 204 Å². The highest BCUT2D eigenvalue weighted by molar-refractivity contribution is 6.21. The van der Waals surface area contributed by atoms with Gasteiger partial charge in [0.25, 0.3) is 11.8 Å². The molecule has 36 heavy (non-hydrogen) atoms. The van der Waals surface area contributed by atoms with E-state index in [-0.39, 0.29) is 34.6 Å². The highest BCUT2D eigenvalue weighted by atomic mass is 16.5. The maximum absolute atomic E-state index is 12.9. The molecule has 1 aliphatic rings. The number of nitrogens with zero attached hydrogens (tertiary/aromatic N) is 3. The number of nitriles is 1. The van der Waals surface area contributed by atoms with Crippen molar-refractivity contribution < 1.29 is 24.2 Å². The number of fused-ring (bicyclic) bond motifs is 2. The van der Waals surface area contributed by atoms with Crippen LogP contribution in [0.15, 0.2) is 78.6 Å². The van der Waals surface area contributed by atoms with E-state index in [0.29, 0.717) is 11.0 Å². The van der Waals surface area contributed by atoms with Gasteiger partial charge >= 0.3 is 5.97 Å². The molecule has 0 saturated heterocycles. The Balaban J connectivity index is 1.32. The molecule has 0 spiro atoms. The lowest BCUT2D eigenvalue weighted by Gasteiger charge is -2.13. The summed E-state index contributed by atoms with van der Waals surface area (Å²) in [7, 11) is 0. The minimum absolute atomic E-state index is 0.0338. The molecule has 0 aliphatic carbocycles. The number of rotatable bonds is 6. The normalized spacial score (nSPS) is 13.4. The fourth-order valence-electron chi connectivity index (χ4n) is 3.94. The van der Waals surface area contributed by atoms with Crippen LogP contribution in [0, 0.1) is 11.3 Å². The van der Waals surface area contributed by atoms with Gasteiger partial charge in [0, 0.05) is 0 Å². The fourth-order valence-corrected chi connectivity index (χ4v) is 3.94. The van der Waals surface area contributed by atoms with E-state index in [2.05, 4.69) is 9.97 Å². The van der Waals surface area contributed by atoms with Gasteiger partial charge in [0.15, 0.2) is 11.6 Å². The Morgan fingerprint density at radius 2 is 1.72 bits per heavy atom. The second-order valence-electron chi connectivity index (χ2n) is 8.05. The molecule has 5 rings (SSSR count). The standard InChI is InChI=1S/C27H18N4O5/c28-13-20(24-29-21-8-4-5-9-22(21)30-24)23(32)15-36-27(35)17-10-11-18-19(12-17)26(34)31(25(18)33)14-16-6-2-1-3-7-16/h1-12,32H,14-15H2,(H,29,30). The monoisotopic (exact) mass is 478 g/mol. The van der Waals surface area contributed by atoms with Crippen molar-refractivity contribution in [3.8, 4) is 6.07 Å². The third-order valence-corrected chi connectivity index (χ3v) is 5.76. The first-order valence-corrected chi connectivity index (χ1v) is 10.9. The zero-order valence-electron chi connectivity index (χ0n) is 18.8. The lowest BCUT2D eigenvalue weighted by molar-refractivity contribution is 0.0502. The fraction of sp³-hybridized carbons (Fsp3) is 0.0741. The molecule has 2 heterocycles. The molecule has 9 nitrogen and oxygen atoms in total. The summed E-state index contributed by atoms with van der Waals surface area (Å²) in [6, 6.07) is 22.2. The molecule has 2 N–H and O–H groups in total. The lowest BCUT2D eigenvalue weighted by atomic mass is 10.1. The minimum Gasteiger partial charge on any atom is -0.507 e. The molecule has 3 aromatic carbocycles. The van der Waals surface area contributed by atoms with E-state index in [4.69, 9.17) is 4.74 Å². The van der Waals surface area contributed by atoms with Crippen LogP contribution in [-0.4, -0.2) is 44.4 Å². The first kappa shape index (κ1) is 22.6. The van der Waals surface area contributed by atoms with Crippen LogP contribution in [0.1, 0.15) is 42.5 Å². The van der Waals surface area contributed by atoms with Gasteiger partial charge in [-0.05, 0) is 35.9 Å². The van der Waals surface area contributed by atoms with Gasteiger partial charge in [-0.15, -0.1) is 0 Å². The lowest BCUT2D eigenvalue weighted by Crippen LogP contribution is -2.29. The third-order valence-electron chi connectivity index (χ3n) is 5.76. The Kier molecular flexibility index (Phi) is 5.76. The molecular weight excluding hydrogens is 460 g/mol. The van der Waals surface area contributed by atoms with Crippen molar-refractivity contribution in [2.24, 2.45) is 0 Å². The zero-order chi connectivity index (χ0) is 25.2. The van der Waals surface area contributed by atoms with Crippen molar-refractivity contribution in [3.63, 3.8) is 0 Å². The number of aliphatic hydroxyl groups is 1. The average Bonchev–Trinajstić information content (AvgIpc) is 3.43. The zero-order valence-corrected chi connectivity index (χ0v) is 18.8. The first-order chi connectivity index (χ1) is 17.5. The molecule has 0 unspecified atom stereocenters. The summed E-state index contributed by atoms with van der Waals surface area (Å²) >= 11 is 0. The van der Waals surface area contributed by atoms with Crippen LogP contribution in [0.2, 0.25) is 0 Å². The highest BCUT2D eigenvalue weighted by Crippen LogP contribution is 2.26. The molecule has 176 valence electrons. The number of aromatic nitrogens is 2. The Morgan fingerprint density at radius 1 is 1.00 bits per heavy atom. The van der Waals surface area contributed by atoms with Crippen LogP contribution in [0.25, 0.3) is 16.6 Å². The number of carbonyl (C=O) groups excluding carboxylic acids is 3. The molecule has 0 bridgehead atoms. The summed E-state index contributed by atoms with van der Waals surface area (Å²) in [5.74, 6) is -2.11. The van der Waals surface area contributed by atoms with E-state index >= 15 is 0 Å². The molecule has 0 radical (unpaired) electrons. The van der Waals surface area contributed by atoms with E-state index in [0.717, 1.165) is 10.5 Å². The number of amides is 2. The molecular formula is C27H18N4O5. The maximum Gasteiger partial charge on any atom is 0.338 e. The second kappa shape index (κ2) is 9.19. The number of aromatic amines is 1. The summed E-state index contributed by atoms with van der Waals surface area (Å²) in [6.45, 7) is -0.465. The van der Waals surface area contributed by atoms with E-state index in [1.807, 2.05) is 36.4 Å². The van der Waals surface area contributed by atoms with Crippen molar-refractivity contribution in [2.75, 3.05) is 6.61 Å². The van der Waals surface area contributed by atoms with Gasteiger partial charge in [-0.2, -0.15) is 5.26 Å². The molecule has 1 aromatic heterocycles. The van der Waals surface area contributed by atoms with Gasteiger partial charge in [0.05, 0.1) is 34.3 Å². The number of benzene rings is 3. The summed E-state index contributed by atoms with van der Waals surface area (Å²) in [6.07, 6.45) is 0. The Hall–Kier alpha value is -5.23. The number of carbonyl (C=O) groups is 3. The summed E-state index contributed by atoms with van der Waals surface area (Å²) < 4.78 is 5.16. The number of esters is 1. The topological polar surface area (TPSA) is 136 Å². The van der Waals surface area contributed by atoms with Crippen molar-refractivity contribution in [1.82, 2.24) is 14.9 Å². The first-order valence-electron chi connectivity index (χ1n) is 10.9. The number of nitrogens with one attached hydrogen (secondary N) is 1. The van der Waals surface area contributed by atoms with Crippen LogP contribution in [-0.2, 0) is 11.3 Å². The van der Waals surface area contributed by atoms with Gasteiger partial charge in [-0.3, -0.25) is 14.5 Å². The molecule has 0 atom stereocenters. The van der Waals surface area contributed by atoms with Crippen LogP contribution < -0.4 is 0 Å². The van der Waals surface area contributed by atoms with Crippen molar-refractivity contribution >= 4 is 34.4 Å². The number of imidazole rings is 1. The van der Waals surface area contributed by atoms with Crippen LogP contribution in [0.4, 0.5) is 0 Å². The van der Waals surface area contributed by atoms with E-state index < -0.39 is 30.1 Å². The van der Waals surface area contributed by atoms with E-state index in [9.17, 15) is 24.8 Å². The predicted molar refractivity (Wildman–Crippen MR) is 129 cm³/mol. The van der Waals surface area contributed by atoms with Crippen molar-refractivity contribution in [3.05, 3.63) is 107 Å². The maximum atomic E-state index is 12.9. The Morgan fingerprint density at radius 3 is 2.47 bits per heavy atom. The molecule has 9 heteroatoms. The van der Waals surface area contributed by atoms with Gasteiger partial charge in [-0.1, -0.05) is 42.5 Å². The third kappa shape index (κ3) is 4.08. The Bertz CT molecular complexity index is 1560. The number of hydrogen-bond donors (Lipinski definition) is 2. The quantitative estimate of drug-likeness (QED) is 0.185. The number of ether oxygens (including phenoxy) is 1. The number of aliphatic hydroxyl groups excluding tert-OH is 1. The van der Waals surface area contributed by atoms with Gasteiger partial charge < -0.3 is 14.8 Å². The molecule has 4 aromatic rings. The van der Waals surface area contributed by atoms with Crippen molar-refractivity contribution in [2.45, 2.75) is 6.54 Å². The minimum atomic E-state index is -0.826. The predicted octanol–water partition coefficient (Wildman–Crippen LogP) is 4.01. The summed E-state index contributed by atoms with van der Waals surface area (Å²) in [5, 5.41) is 19.9.